The van der Waals surface area contributed by atoms with E-state index in [1.165, 1.54) is 13.0 Å². The van der Waals surface area contributed by atoms with Gasteiger partial charge in [0.25, 0.3) is 12.0 Å². The molecule has 0 unspecified atom stereocenters. The van der Waals surface area contributed by atoms with Gasteiger partial charge in [-0.15, -0.1) is 9.75 Å². The molecule has 16 heteroatoms. The van der Waals surface area contributed by atoms with Crippen LogP contribution in [0.3, 0.4) is 0 Å². The number of carbonyl (C=O) groups is 2. The van der Waals surface area contributed by atoms with Crippen molar-refractivity contribution in [2.24, 2.45) is 5.73 Å². The summed E-state index contributed by atoms with van der Waals surface area (Å²) in [5.74, 6) is -3.28. The van der Waals surface area contributed by atoms with Gasteiger partial charge in [0.15, 0.2) is 5.82 Å². The average molecular weight is 553 g/mol. The van der Waals surface area contributed by atoms with Crippen molar-refractivity contribution >= 4 is 17.6 Å². The summed E-state index contributed by atoms with van der Waals surface area (Å²) in [6.07, 6.45) is -7.36. The van der Waals surface area contributed by atoms with E-state index in [1.54, 1.807) is 25.1 Å². The Hall–Kier alpha value is -4.47. The first kappa shape index (κ1) is 27.6. The molecule has 2 N–H and O–H groups in total. The molecule has 1 aromatic carbocycles. The van der Waals surface area contributed by atoms with Gasteiger partial charge in [0.1, 0.15) is 0 Å². The van der Waals surface area contributed by atoms with Crippen molar-refractivity contribution < 1.29 is 36.4 Å². The normalized spacial score (nSPS) is 13.3. The van der Waals surface area contributed by atoms with Crippen LogP contribution in [0.4, 0.5) is 27.6 Å². The number of amides is 1. The molecule has 0 spiro atoms. The zero-order valence-corrected chi connectivity index (χ0v) is 20.4. The van der Waals surface area contributed by atoms with Crippen LogP contribution in [0.1, 0.15) is 23.1 Å². The summed E-state index contributed by atoms with van der Waals surface area (Å²) in [4.78, 5) is 45.3. The summed E-state index contributed by atoms with van der Waals surface area (Å²) in [6, 6.07) is 6.35. The number of pyridine rings is 1. The number of halogens is 5. The minimum atomic E-state index is -5.30. The third-order valence-corrected chi connectivity index (χ3v) is 5.88. The molecule has 4 rings (SSSR count). The molecule has 3 heterocycles. The molecule has 39 heavy (non-hydrogen) atoms. The molecule has 1 amide bonds. The van der Waals surface area contributed by atoms with Crippen LogP contribution >= 0.6 is 0 Å². The van der Waals surface area contributed by atoms with E-state index in [9.17, 15) is 36.3 Å². The van der Waals surface area contributed by atoms with E-state index >= 15 is 0 Å². The number of hydrogen-bond acceptors (Lipinski definition) is 8. The molecule has 0 saturated heterocycles. The van der Waals surface area contributed by atoms with Gasteiger partial charge < -0.3 is 10.6 Å². The van der Waals surface area contributed by atoms with E-state index in [-0.39, 0.29) is 24.3 Å². The number of fused-ring (bicyclic) bond motifs is 1. The number of nitrogens with two attached hydrogens (primary N) is 1. The average Bonchev–Trinajstić information content (AvgIpc) is 3.23. The Morgan fingerprint density at radius 3 is 2.44 bits per heavy atom. The number of nitrogens with zero attached hydrogens (tertiary/aromatic N) is 6. The van der Waals surface area contributed by atoms with Gasteiger partial charge in [0.05, 0.1) is 17.9 Å². The third-order valence-electron chi connectivity index (χ3n) is 5.88. The molecule has 11 nitrogen and oxygen atoms in total. The maximum absolute atomic E-state index is 13.0. The standard InChI is InChI=1S/C23H20F5N7O4/c1-11-3-5-16(30-20(11)34-22(38)33(31-32-34)10-15(9-29)19(24)25)14-7-12(2)18-13(8-14)4-6-17(36)35(18)39-21(37)23(26,27)28/h3,5,7-8H,4,6,9-10,29H2,1-2H3. The number of benzene rings is 1. The minimum Gasteiger partial charge on any atom is -0.327 e. The van der Waals surface area contributed by atoms with Crippen LogP contribution in [0.2, 0.25) is 0 Å². The highest BCUT2D eigenvalue weighted by Crippen LogP contribution is 2.36. The maximum atomic E-state index is 13.0. The van der Waals surface area contributed by atoms with E-state index in [4.69, 9.17) is 5.73 Å². The number of tetrazole rings is 1. The van der Waals surface area contributed by atoms with Crippen molar-refractivity contribution in [2.45, 2.75) is 39.4 Å². The second-order valence-corrected chi connectivity index (χ2v) is 8.60. The molecule has 0 aliphatic carbocycles. The smallest absolute Gasteiger partial charge is 0.327 e. The van der Waals surface area contributed by atoms with Crippen molar-refractivity contribution in [3.63, 3.8) is 0 Å². The SMILES string of the molecule is Cc1ccc(-c2cc(C)c3c(c2)CCC(=O)N3OC(=O)C(F)(F)F)nc1-n1nnn(CC(CN)=C(F)F)c1=O. The Morgan fingerprint density at radius 2 is 1.79 bits per heavy atom. The predicted molar refractivity (Wildman–Crippen MR) is 125 cm³/mol. The zero-order valence-electron chi connectivity index (χ0n) is 20.4. The van der Waals surface area contributed by atoms with Gasteiger partial charge in [-0.25, -0.2) is 14.6 Å². The van der Waals surface area contributed by atoms with Gasteiger partial charge in [0, 0.05) is 24.1 Å². The van der Waals surface area contributed by atoms with Gasteiger partial charge in [-0.2, -0.15) is 26.6 Å². The molecule has 2 aromatic heterocycles. The Bertz CT molecular complexity index is 1560. The highest BCUT2D eigenvalue weighted by Gasteiger charge is 2.44. The number of alkyl halides is 3. The number of aromatic nitrogens is 5. The molecule has 1 aliphatic rings. The van der Waals surface area contributed by atoms with Crippen LogP contribution < -0.4 is 16.5 Å². The number of rotatable bonds is 6. The molecule has 0 radical (unpaired) electrons. The molecular weight excluding hydrogens is 533 g/mol. The fraction of sp³-hybridized carbons (Fsp3) is 0.304. The molecule has 1 aliphatic heterocycles. The first-order valence-electron chi connectivity index (χ1n) is 11.3. The van der Waals surface area contributed by atoms with Crippen LogP contribution in [-0.4, -0.2) is 49.4 Å². The number of carbonyl (C=O) groups excluding carboxylic acids is 2. The number of hydrogen-bond donors (Lipinski definition) is 1. The van der Waals surface area contributed by atoms with E-state index in [0.717, 1.165) is 4.68 Å². The Kier molecular flexibility index (Phi) is 7.32. The van der Waals surface area contributed by atoms with Crippen molar-refractivity contribution in [2.75, 3.05) is 11.6 Å². The number of anilines is 1. The summed E-state index contributed by atoms with van der Waals surface area (Å²) < 4.78 is 65.8. The largest absolute Gasteiger partial charge is 0.493 e. The summed E-state index contributed by atoms with van der Waals surface area (Å²) in [5, 5.41) is 7.72. The van der Waals surface area contributed by atoms with Crippen LogP contribution in [0.15, 0.2) is 40.7 Å². The lowest BCUT2D eigenvalue weighted by Crippen LogP contribution is -2.41. The maximum Gasteiger partial charge on any atom is 0.493 e. The molecule has 0 atom stereocenters. The molecule has 0 bridgehead atoms. The Balaban J connectivity index is 1.72. The van der Waals surface area contributed by atoms with E-state index in [2.05, 4.69) is 20.2 Å². The van der Waals surface area contributed by atoms with Crippen LogP contribution in [0, 0.1) is 13.8 Å². The molecule has 0 fully saturated rings. The summed E-state index contributed by atoms with van der Waals surface area (Å²) in [6.45, 7) is 2.12. The highest BCUT2D eigenvalue weighted by atomic mass is 19.4. The van der Waals surface area contributed by atoms with Crippen LogP contribution in [-0.2, 0) is 27.4 Å². The molecule has 0 saturated carbocycles. The van der Waals surface area contributed by atoms with Crippen LogP contribution in [0.25, 0.3) is 17.1 Å². The lowest BCUT2D eigenvalue weighted by atomic mass is 9.95. The Morgan fingerprint density at radius 1 is 1.08 bits per heavy atom. The number of aryl methyl sites for hydroxylation is 3. The lowest BCUT2D eigenvalue weighted by molar-refractivity contribution is -0.201. The van der Waals surface area contributed by atoms with Crippen molar-refractivity contribution in [1.82, 2.24) is 24.8 Å². The van der Waals surface area contributed by atoms with Gasteiger partial charge in [-0.3, -0.25) is 4.79 Å². The fourth-order valence-electron chi connectivity index (χ4n) is 3.96. The summed E-state index contributed by atoms with van der Waals surface area (Å²) >= 11 is 0. The van der Waals surface area contributed by atoms with Gasteiger partial charge in [-0.1, -0.05) is 6.07 Å². The second-order valence-electron chi connectivity index (χ2n) is 8.60. The highest BCUT2D eigenvalue weighted by molar-refractivity contribution is 5.98. The summed E-state index contributed by atoms with van der Waals surface area (Å²) in [5.41, 5.74) is 6.07. The van der Waals surface area contributed by atoms with Crippen LogP contribution in [0.5, 0.6) is 0 Å². The first-order chi connectivity index (χ1) is 18.3. The Labute approximate surface area is 216 Å². The summed E-state index contributed by atoms with van der Waals surface area (Å²) in [7, 11) is 0. The number of hydroxylamine groups is 1. The monoisotopic (exact) mass is 553 g/mol. The lowest BCUT2D eigenvalue weighted by Gasteiger charge is -2.29. The van der Waals surface area contributed by atoms with Crippen molar-refractivity contribution in [3.05, 3.63) is 63.1 Å². The predicted octanol–water partition coefficient (Wildman–Crippen LogP) is 2.52. The quantitative estimate of drug-likeness (QED) is 0.460. The van der Waals surface area contributed by atoms with Crippen molar-refractivity contribution in [3.8, 4) is 17.1 Å². The molecule has 3 aromatic rings. The van der Waals surface area contributed by atoms with Gasteiger partial charge in [0.2, 0.25) is 0 Å². The first-order valence-corrected chi connectivity index (χ1v) is 11.3. The van der Waals surface area contributed by atoms with Gasteiger partial charge >= 0.3 is 17.8 Å². The molecular formula is C23H20F5N7O4. The second kappa shape index (κ2) is 10.4. The van der Waals surface area contributed by atoms with E-state index in [1.807, 2.05) is 0 Å². The minimum absolute atomic E-state index is 0.0166. The van der Waals surface area contributed by atoms with Crippen molar-refractivity contribution in [1.29, 1.82) is 0 Å². The van der Waals surface area contributed by atoms with Gasteiger partial charge in [-0.05, 0) is 65.6 Å². The fourth-order valence-corrected chi connectivity index (χ4v) is 3.96. The molecule has 206 valence electrons. The van der Waals surface area contributed by atoms with E-state index < -0.39 is 48.5 Å². The zero-order chi connectivity index (χ0) is 28.6. The topological polar surface area (TPSA) is 138 Å². The van der Waals surface area contributed by atoms with E-state index in [0.29, 0.717) is 37.7 Å². The third kappa shape index (κ3) is 5.41.